The van der Waals surface area contributed by atoms with E-state index in [9.17, 15) is 15.7 Å². The second kappa shape index (κ2) is 13.2. The van der Waals surface area contributed by atoms with Gasteiger partial charge in [0.05, 0.1) is 50.8 Å². The largest absolute Gasteiger partial charge is 0.396 e. The van der Waals surface area contributed by atoms with Crippen molar-refractivity contribution in [3.8, 4) is 0 Å². The molecule has 1 saturated carbocycles. The van der Waals surface area contributed by atoms with Crippen molar-refractivity contribution >= 4 is 0 Å². The van der Waals surface area contributed by atoms with E-state index in [1.165, 1.54) is 0 Å². The predicted molar refractivity (Wildman–Crippen MR) is 135 cm³/mol. The Bertz CT molecular complexity index is 1100. The van der Waals surface area contributed by atoms with Crippen molar-refractivity contribution < 1.29 is 24.4 Å². The van der Waals surface area contributed by atoms with E-state index in [2.05, 4.69) is 10.0 Å². The third kappa shape index (κ3) is 6.50. The molecule has 2 N–H and O–H groups in total. The van der Waals surface area contributed by atoms with Crippen LogP contribution < -0.4 is 0 Å². The van der Waals surface area contributed by atoms with Crippen molar-refractivity contribution in [3.05, 3.63) is 118 Å². The molecular formula is C28H31N3O5. The van der Waals surface area contributed by atoms with Gasteiger partial charge < -0.3 is 24.4 Å². The van der Waals surface area contributed by atoms with Crippen LogP contribution in [0.3, 0.4) is 0 Å². The summed E-state index contributed by atoms with van der Waals surface area (Å²) in [6.45, 7) is 0.390. The maximum atomic E-state index is 11.2. The molecule has 1 aliphatic rings. The lowest BCUT2D eigenvalue weighted by atomic mass is 9.77. The van der Waals surface area contributed by atoms with E-state index in [1.807, 2.05) is 91.0 Å². The molecule has 8 nitrogen and oxygen atoms in total. The number of aliphatic hydroxyl groups is 2. The van der Waals surface area contributed by atoms with Crippen molar-refractivity contribution in [1.29, 1.82) is 0 Å². The van der Waals surface area contributed by atoms with Gasteiger partial charge in [-0.1, -0.05) is 96.1 Å². The van der Waals surface area contributed by atoms with Crippen molar-refractivity contribution in [2.24, 2.45) is 11.0 Å². The Balaban J connectivity index is 1.64. The van der Waals surface area contributed by atoms with E-state index in [0.717, 1.165) is 16.7 Å². The van der Waals surface area contributed by atoms with E-state index < -0.39 is 36.4 Å². The number of ether oxygens (including phenoxy) is 3. The third-order valence-corrected chi connectivity index (χ3v) is 6.45. The van der Waals surface area contributed by atoms with Gasteiger partial charge in [0, 0.05) is 10.8 Å². The first-order valence-corrected chi connectivity index (χ1v) is 12.0. The smallest absolute Gasteiger partial charge is 0.111 e. The summed E-state index contributed by atoms with van der Waals surface area (Å²) in [5.41, 5.74) is 12.1. The van der Waals surface area contributed by atoms with Crippen LogP contribution in [0.4, 0.5) is 0 Å². The first-order chi connectivity index (χ1) is 17.7. The van der Waals surface area contributed by atoms with Gasteiger partial charge in [-0.3, -0.25) is 0 Å². The molecule has 1 fully saturated rings. The van der Waals surface area contributed by atoms with Gasteiger partial charge >= 0.3 is 0 Å². The zero-order valence-corrected chi connectivity index (χ0v) is 19.9. The Kier molecular flexibility index (Phi) is 9.47. The average Bonchev–Trinajstić information content (AvgIpc) is 2.93. The Morgan fingerprint density at radius 3 is 1.50 bits per heavy atom. The summed E-state index contributed by atoms with van der Waals surface area (Å²) in [6, 6.07) is 28.0. The zero-order chi connectivity index (χ0) is 25.2. The minimum Gasteiger partial charge on any atom is -0.396 e. The summed E-state index contributed by atoms with van der Waals surface area (Å²) < 4.78 is 18.9. The molecule has 0 saturated heterocycles. The highest BCUT2D eigenvalue weighted by Gasteiger charge is 2.52. The quantitative estimate of drug-likeness (QED) is 0.235. The molecule has 0 amide bonds. The molecule has 0 heterocycles. The Morgan fingerprint density at radius 1 is 0.667 bits per heavy atom. The monoisotopic (exact) mass is 489 g/mol. The van der Waals surface area contributed by atoms with Gasteiger partial charge in [-0.25, -0.2) is 0 Å². The normalized spacial score (nSPS) is 25.7. The lowest BCUT2D eigenvalue weighted by molar-refractivity contribution is -0.223. The molecule has 36 heavy (non-hydrogen) atoms. The molecule has 4 rings (SSSR count). The SMILES string of the molecule is [N-]=[N+]=NC1C(O)C(CO)C(OCc2ccccc2)C(OCc2ccccc2)C1OCc1ccccc1. The molecule has 8 heteroatoms. The maximum absolute atomic E-state index is 11.2. The van der Waals surface area contributed by atoms with Crippen LogP contribution in [0.2, 0.25) is 0 Å². The highest BCUT2D eigenvalue weighted by atomic mass is 16.6. The lowest BCUT2D eigenvalue weighted by Crippen LogP contribution is -2.63. The second-order valence-electron chi connectivity index (χ2n) is 8.82. The summed E-state index contributed by atoms with van der Waals surface area (Å²) >= 11 is 0. The molecule has 6 atom stereocenters. The molecule has 0 radical (unpaired) electrons. The fourth-order valence-electron chi connectivity index (χ4n) is 4.57. The van der Waals surface area contributed by atoms with Crippen molar-refractivity contribution in [2.75, 3.05) is 6.61 Å². The molecule has 0 aliphatic heterocycles. The Morgan fingerprint density at radius 2 is 1.08 bits per heavy atom. The highest BCUT2D eigenvalue weighted by molar-refractivity contribution is 5.16. The molecule has 0 spiro atoms. The van der Waals surface area contributed by atoms with Crippen LogP contribution in [0.1, 0.15) is 16.7 Å². The standard InChI is InChI=1S/C28H31N3O5/c29-31-30-24-25(33)23(16-32)26(34-17-20-10-4-1-5-11-20)28(36-19-22-14-8-3-9-15-22)27(24)35-18-21-12-6-2-7-13-21/h1-15,23-28,32-33H,16-19H2. The fourth-order valence-corrected chi connectivity index (χ4v) is 4.57. The fraction of sp³-hybridized carbons (Fsp3) is 0.357. The van der Waals surface area contributed by atoms with Gasteiger partial charge in [0.2, 0.25) is 0 Å². The maximum Gasteiger partial charge on any atom is 0.111 e. The van der Waals surface area contributed by atoms with Crippen LogP contribution in [0.15, 0.2) is 96.1 Å². The van der Waals surface area contributed by atoms with Crippen molar-refractivity contribution in [2.45, 2.75) is 50.3 Å². The van der Waals surface area contributed by atoms with Crippen molar-refractivity contribution in [1.82, 2.24) is 0 Å². The summed E-state index contributed by atoms with van der Waals surface area (Å²) in [5.74, 6) is -0.735. The molecule has 0 aromatic heterocycles. The summed E-state index contributed by atoms with van der Waals surface area (Å²) in [4.78, 5) is 2.96. The van der Waals surface area contributed by atoms with Gasteiger partial charge in [-0.2, -0.15) is 0 Å². The minimum absolute atomic E-state index is 0.232. The summed E-state index contributed by atoms with van der Waals surface area (Å²) in [7, 11) is 0. The minimum atomic E-state index is -1.18. The number of hydrogen-bond donors (Lipinski definition) is 2. The molecule has 6 unspecified atom stereocenters. The van der Waals surface area contributed by atoms with E-state index in [1.54, 1.807) is 0 Å². The lowest BCUT2D eigenvalue weighted by Gasteiger charge is -2.47. The van der Waals surface area contributed by atoms with Crippen LogP contribution >= 0.6 is 0 Å². The number of hydrogen-bond acceptors (Lipinski definition) is 6. The molecule has 3 aromatic carbocycles. The third-order valence-electron chi connectivity index (χ3n) is 6.45. The molecule has 188 valence electrons. The summed E-state index contributed by atoms with van der Waals surface area (Å²) in [5, 5.41) is 25.3. The van der Waals surface area contributed by atoms with Gasteiger partial charge in [-0.05, 0) is 22.2 Å². The first-order valence-electron chi connectivity index (χ1n) is 12.0. The van der Waals surface area contributed by atoms with Crippen LogP contribution in [0.5, 0.6) is 0 Å². The number of azide groups is 1. The zero-order valence-electron chi connectivity index (χ0n) is 19.9. The number of benzene rings is 3. The Labute approximate surface area is 210 Å². The Hall–Kier alpha value is -3.23. The molecule has 0 bridgehead atoms. The number of aliphatic hydroxyl groups excluding tert-OH is 2. The van der Waals surface area contributed by atoms with E-state index >= 15 is 0 Å². The van der Waals surface area contributed by atoms with Crippen LogP contribution in [-0.4, -0.2) is 47.3 Å². The average molecular weight is 490 g/mol. The van der Waals surface area contributed by atoms with Gasteiger partial charge in [0.15, 0.2) is 0 Å². The number of rotatable bonds is 11. The summed E-state index contributed by atoms with van der Waals surface area (Å²) in [6.07, 6.45) is -3.40. The van der Waals surface area contributed by atoms with Crippen molar-refractivity contribution in [3.63, 3.8) is 0 Å². The molecular weight excluding hydrogens is 458 g/mol. The first kappa shape index (κ1) is 25.9. The van der Waals surface area contributed by atoms with Crippen LogP contribution in [-0.2, 0) is 34.0 Å². The highest BCUT2D eigenvalue weighted by Crippen LogP contribution is 2.35. The van der Waals surface area contributed by atoms with Crippen LogP contribution in [0, 0.1) is 5.92 Å². The van der Waals surface area contributed by atoms with Gasteiger partial charge in [0.25, 0.3) is 0 Å². The second-order valence-corrected chi connectivity index (χ2v) is 8.82. The predicted octanol–water partition coefficient (Wildman–Crippen LogP) is 4.40. The van der Waals surface area contributed by atoms with E-state index in [4.69, 9.17) is 14.2 Å². The van der Waals surface area contributed by atoms with Gasteiger partial charge in [-0.15, -0.1) is 0 Å². The van der Waals surface area contributed by atoms with E-state index in [-0.39, 0.29) is 26.4 Å². The van der Waals surface area contributed by atoms with E-state index in [0.29, 0.717) is 0 Å². The van der Waals surface area contributed by atoms with Gasteiger partial charge in [0.1, 0.15) is 6.10 Å². The molecule has 1 aliphatic carbocycles. The molecule has 3 aromatic rings. The van der Waals surface area contributed by atoms with Crippen LogP contribution in [0.25, 0.3) is 10.4 Å². The number of nitrogens with zero attached hydrogens (tertiary/aromatic N) is 3. The topological polar surface area (TPSA) is 117 Å².